The molecule has 6 nitrogen and oxygen atoms in total. The molecule has 0 bridgehead atoms. The Hall–Kier alpha value is -1.83. The van der Waals surface area contributed by atoms with Crippen LogP contribution in [0.4, 0.5) is 0 Å². The van der Waals surface area contributed by atoms with E-state index in [1.165, 1.54) is 31.9 Å². The summed E-state index contributed by atoms with van der Waals surface area (Å²) in [5, 5.41) is 11.7. The normalized spacial score (nSPS) is 21.7. The van der Waals surface area contributed by atoms with Crippen molar-refractivity contribution in [2.75, 3.05) is 32.5 Å². The molecule has 4 rings (SSSR count). The second kappa shape index (κ2) is 11.7. The third-order valence-electron chi connectivity index (χ3n) is 7.27. The molecule has 34 heavy (non-hydrogen) atoms. The molecule has 1 aromatic heterocycles. The van der Waals surface area contributed by atoms with Gasteiger partial charge < -0.3 is 14.7 Å². The lowest BCUT2D eigenvalue weighted by molar-refractivity contribution is -0.146. The number of methoxy groups -OCH3 is 1. The van der Waals surface area contributed by atoms with Crippen LogP contribution in [0.3, 0.4) is 0 Å². The molecule has 8 heteroatoms. The van der Waals surface area contributed by atoms with Crippen molar-refractivity contribution in [3.63, 3.8) is 0 Å². The first-order valence-corrected chi connectivity index (χ1v) is 13.6. The van der Waals surface area contributed by atoms with Gasteiger partial charge in [0, 0.05) is 47.7 Å². The number of thioether (sulfide) groups is 1. The zero-order chi connectivity index (χ0) is 24.1. The molecule has 2 aliphatic rings. The molecule has 1 aliphatic heterocycles. The van der Waals surface area contributed by atoms with Gasteiger partial charge in [0.2, 0.25) is 0 Å². The number of pyridine rings is 1. The molecule has 184 valence electrons. The zero-order valence-electron chi connectivity index (χ0n) is 19.7. The molecule has 2 unspecified atom stereocenters. The van der Waals surface area contributed by atoms with Crippen molar-refractivity contribution < 1.29 is 19.4 Å². The number of rotatable bonds is 10. The summed E-state index contributed by atoms with van der Waals surface area (Å²) in [6.45, 7) is 2.40. The molecular weight excluding hydrogens is 472 g/mol. The van der Waals surface area contributed by atoms with Crippen LogP contribution in [0.25, 0.3) is 10.9 Å². The summed E-state index contributed by atoms with van der Waals surface area (Å²) in [6, 6.07) is 5.39. The Bertz CT molecular complexity index is 1030. The fourth-order valence-electron chi connectivity index (χ4n) is 5.30. The monoisotopic (exact) mass is 504 g/mol. The number of hydrogen-bond donors (Lipinski definition) is 1. The highest BCUT2D eigenvalue weighted by Crippen LogP contribution is 2.33. The summed E-state index contributed by atoms with van der Waals surface area (Å²) >= 11 is 8.43. The summed E-state index contributed by atoms with van der Waals surface area (Å²) < 4.78 is 5.31. The molecule has 1 aliphatic carbocycles. The Kier molecular flexibility index (Phi) is 8.72. The number of likely N-dealkylation sites (tertiary alicyclic amines) is 1. The van der Waals surface area contributed by atoms with Gasteiger partial charge in [0.15, 0.2) is 5.78 Å². The van der Waals surface area contributed by atoms with Crippen LogP contribution in [0.1, 0.15) is 55.3 Å². The Morgan fingerprint density at radius 3 is 2.79 bits per heavy atom. The first kappa shape index (κ1) is 25.3. The predicted molar refractivity (Wildman–Crippen MR) is 137 cm³/mol. The van der Waals surface area contributed by atoms with Crippen LogP contribution in [0, 0.1) is 11.8 Å². The average molecular weight is 505 g/mol. The molecule has 1 saturated heterocycles. The first-order valence-electron chi connectivity index (χ1n) is 12.2. The lowest BCUT2D eigenvalue weighted by atomic mass is 9.81. The van der Waals surface area contributed by atoms with Crippen molar-refractivity contribution in [3.8, 4) is 5.75 Å². The molecular formula is C26H33ClN2O4S. The number of ether oxygens (including phenoxy) is 1. The number of carboxylic acid groups (broad SMARTS) is 1. The van der Waals surface area contributed by atoms with Gasteiger partial charge in [0.05, 0.1) is 23.6 Å². The number of carboxylic acids is 1. The number of piperidine rings is 1. The van der Waals surface area contributed by atoms with Gasteiger partial charge in [0.25, 0.3) is 0 Å². The number of carbonyl (C=O) groups is 2. The van der Waals surface area contributed by atoms with Crippen LogP contribution in [0.2, 0.25) is 5.02 Å². The summed E-state index contributed by atoms with van der Waals surface area (Å²) in [6.07, 6.45) is 8.45. The molecule has 0 radical (unpaired) electrons. The van der Waals surface area contributed by atoms with E-state index >= 15 is 0 Å². The maximum atomic E-state index is 13.2. The van der Waals surface area contributed by atoms with E-state index in [1.807, 2.05) is 17.8 Å². The maximum absolute atomic E-state index is 13.2. The number of aliphatic carboxylic acids is 1. The summed E-state index contributed by atoms with van der Waals surface area (Å²) in [5.74, 6) is 0.407. The first-order chi connectivity index (χ1) is 16.5. The van der Waals surface area contributed by atoms with Gasteiger partial charge in [-0.05, 0) is 56.3 Å². The second-order valence-electron chi connectivity index (χ2n) is 9.40. The number of nitrogens with zero attached hydrogens (tertiary/aromatic N) is 2. The van der Waals surface area contributed by atoms with Crippen molar-refractivity contribution in [2.45, 2.75) is 50.2 Å². The summed E-state index contributed by atoms with van der Waals surface area (Å²) in [4.78, 5) is 31.9. The fraction of sp³-hybridized carbons (Fsp3) is 0.577. The largest absolute Gasteiger partial charge is 0.497 e. The van der Waals surface area contributed by atoms with Crippen LogP contribution in [0.15, 0.2) is 24.4 Å². The van der Waals surface area contributed by atoms with E-state index in [1.54, 1.807) is 19.2 Å². The number of ketones is 1. The van der Waals surface area contributed by atoms with Gasteiger partial charge in [-0.25, -0.2) is 0 Å². The van der Waals surface area contributed by atoms with Gasteiger partial charge in [-0.15, -0.1) is 0 Å². The zero-order valence-corrected chi connectivity index (χ0v) is 21.2. The van der Waals surface area contributed by atoms with Crippen LogP contribution in [-0.4, -0.2) is 64.5 Å². The third kappa shape index (κ3) is 6.04. The number of Topliss-reactive ketones (excluding diaryl/α,β-unsaturated/α-hetero) is 1. The van der Waals surface area contributed by atoms with E-state index < -0.39 is 11.9 Å². The van der Waals surface area contributed by atoms with Crippen LogP contribution < -0.4 is 4.74 Å². The molecule has 0 amide bonds. The Morgan fingerprint density at radius 1 is 1.26 bits per heavy atom. The number of halogens is 1. The van der Waals surface area contributed by atoms with Gasteiger partial charge >= 0.3 is 5.97 Å². The maximum Gasteiger partial charge on any atom is 0.308 e. The molecule has 0 spiro atoms. The molecule has 2 heterocycles. The van der Waals surface area contributed by atoms with Crippen LogP contribution in [0.5, 0.6) is 5.75 Å². The summed E-state index contributed by atoms with van der Waals surface area (Å²) in [7, 11) is 1.58. The van der Waals surface area contributed by atoms with E-state index in [0.29, 0.717) is 40.2 Å². The molecule has 1 N–H and O–H groups in total. The van der Waals surface area contributed by atoms with Gasteiger partial charge in [-0.1, -0.05) is 24.4 Å². The van der Waals surface area contributed by atoms with Crippen LogP contribution >= 0.6 is 23.4 Å². The minimum Gasteiger partial charge on any atom is -0.497 e. The molecule has 2 atom stereocenters. The highest BCUT2D eigenvalue weighted by atomic mass is 35.5. The third-order valence-corrected chi connectivity index (χ3v) is 8.92. The fourth-order valence-corrected chi connectivity index (χ4v) is 6.92. The van der Waals surface area contributed by atoms with Gasteiger partial charge in [-0.2, -0.15) is 11.8 Å². The SMILES string of the molecule is COc1ccc2ncc(Cl)c(C(=O)CCC3CCN(CCSC4CCCC4)CC3C(=O)O)c2c1. The van der Waals surface area contributed by atoms with Crippen molar-refractivity contribution >= 4 is 46.0 Å². The van der Waals surface area contributed by atoms with Crippen molar-refractivity contribution in [3.05, 3.63) is 35.0 Å². The number of hydrogen-bond acceptors (Lipinski definition) is 6. The molecule has 2 aromatic rings. The Labute approximate surface area is 210 Å². The Morgan fingerprint density at radius 2 is 2.06 bits per heavy atom. The quantitative estimate of drug-likeness (QED) is 0.424. The van der Waals surface area contributed by atoms with E-state index in [0.717, 1.165) is 30.5 Å². The summed E-state index contributed by atoms with van der Waals surface area (Å²) in [5.41, 5.74) is 1.12. The number of benzene rings is 1. The highest BCUT2D eigenvalue weighted by molar-refractivity contribution is 7.99. The van der Waals surface area contributed by atoms with E-state index in [2.05, 4.69) is 9.88 Å². The van der Waals surface area contributed by atoms with E-state index in [4.69, 9.17) is 16.3 Å². The highest BCUT2D eigenvalue weighted by Gasteiger charge is 2.34. The molecule has 1 saturated carbocycles. The number of carbonyl (C=O) groups excluding carboxylic acids is 1. The average Bonchev–Trinajstić information content (AvgIpc) is 3.36. The van der Waals surface area contributed by atoms with E-state index in [9.17, 15) is 14.7 Å². The standard InChI is InChI=1S/C26H33ClN2O4S/c1-33-18-7-8-23-20(14-18)25(22(27)15-28-23)24(30)9-6-17-10-11-29(16-21(17)26(31)32)12-13-34-19-4-2-3-5-19/h7-8,14-15,17,19,21H,2-6,9-13,16H2,1H3,(H,31,32). The van der Waals surface area contributed by atoms with Crippen molar-refractivity contribution in [1.29, 1.82) is 0 Å². The number of aromatic nitrogens is 1. The minimum absolute atomic E-state index is 0.0124. The van der Waals surface area contributed by atoms with Crippen molar-refractivity contribution in [2.24, 2.45) is 11.8 Å². The smallest absolute Gasteiger partial charge is 0.308 e. The Balaban J connectivity index is 1.36. The molecule has 2 fully saturated rings. The minimum atomic E-state index is -0.761. The van der Waals surface area contributed by atoms with Crippen molar-refractivity contribution in [1.82, 2.24) is 9.88 Å². The lowest BCUT2D eigenvalue weighted by Gasteiger charge is -2.36. The van der Waals surface area contributed by atoms with Crippen LogP contribution in [-0.2, 0) is 4.79 Å². The lowest BCUT2D eigenvalue weighted by Crippen LogP contribution is -2.44. The molecule has 1 aromatic carbocycles. The predicted octanol–water partition coefficient (Wildman–Crippen LogP) is 5.56. The van der Waals surface area contributed by atoms with Gasteiger partial charge in [-0.3, -0.25) is 14.6 Å². The second-order valence-corrected chi connectivity index (χ2v) is 11.2. The van der Waals surface area contributed by atoms with E-state index in [-0.39, 0.29) is 18.1 Å². The number of fused-ring (bicyclic) bond motifs is 1. The van der Waals surface area contributed by atoms with Gasteiger partial charge in [0.1, 0.15) is 5.75 Å². The topological polar surface area (TPSA) is 79.7 Å².